The molecule has 2 N–H and O–H groups in total. The third-order valence-corrected chi connectivity index (χ3v) is 4.69. The number of hydrogen-bond donors (Lipinski definition) is 2. The molecule has 0 bridgehead atoms. The number of amides is 1. The van der Waals surface area contributed by atoms with Crippen molar-refractivity contribution in [2.24, 2.45) is 0 Å². The molecule has 0 saturated heterocycles. The second-order valence-corrected chi connectivity index (χ2v) is 6.60. The van der Waals surface area contributed by atoms with E-state index in [2.05, 4.69) is 5.32 Å². The number of thiophene rings is 1. The van der Waals surface area contributed by atoms with Gasteiger partial charge in [-0.15, -0.1) is 0 Å². The molecule has 4 nitrogen and oxygen atoms in total. The highest BCUT2D eigenvalue weighted by molar-refractivity contribution is 7.08. The Morgan fingerprint density at radius 2 is 2.16 bits per heavy atom. The number of aliphatic hydroxyl groups is 1. The van der Waals surface area contributed by atoms with Crippen LogP contribution in [0.5, 0.6) is 0 Å². The van der Waals surface area contributed by atoms with E-state index >= 15 is 0 Å². The van der Waals surface area contributed by atoms with E-state index in [1.807, 2.05) is 16.8 Å². The van der Waals surface area contributed by atoms with Gasteiger partial charge in [0.2, 0.25) is 5.91 Å². The first-order chi connectivity index (χ1) is 12.0. The number of aliphatic hydroxyl groups excluding tert-OH is 1. The first kappa shape index (κ1) is 17.7. The minimum Gasteiger partial charge on any atom is -0.458 e. The van der Waals surface area contributed by atoms with Crippen molar-refractivity contribution < 1.29 is 18.7 Å². The van der Waals surface area contributed by atoms with Crippen LogP contribution in [0.4, 0.5) is 4.39 Å². The number of rotatable bonds is 6. The second kappa shape index (κ2) is 7.82. The highest BCUT2D eigenvalue weighted by Crippen LogP contribution is 2.27. The van der Waals surface area contributed by atoms with Crippen molar-refractivity contribution in [3.8, 4) is 11.3 Å². The Bertz CT molecular complexity index is 843. The van der Waals surface area contributed by atoms with Crippen LogP contribution in [-0.4, -0.2) is 17.6 Å². The van der Waals surface area contributed by atoms with Crippen molar-refractivity contribution in [3.05, 3.63) is 69.3 Å². The SMILES string of the molecule is O=C(Cc1c(F)cccc1Cl)NC[C@H](O)c1ccc(-c2ccsc2)o1. The molecule has 130 valence electrons. The average molecular weight is 380 g/mol. The van der Waals surface area contributed by atoms with Gasteiger partial charge < -0.3 is 14.8 Å². The molecule has 2 aromatic heterocycles. The fourth-order valence-corrected chi connectivity index (χ4v) is 3.20. The number of carbonyl (C=O) groups excluding carboxylic acids is 1. The van der Waals surface area contributed by atoms with E-state index in [4.69, 9.17) is 16.0 Å². The number of halogens is 2. The van der Waals surface area contributed by atoms with Crippen molar-refractivity contribution in [1.82, 2.24) is 5.32 Å². The van der Waals surface area contributed by atoms with E-state index < -0.39 is 17.8 Å². The minimum atomic E-state index is -0.993. The van der Waals surface area contributed by atoms with Crippen LogP contribution in [0.2, 0.25) is 5.02 Å². The zero-order chi connectivity index (χ0) is 17.8. The third kappa shape index (κ3) is 4.28. The molecule has 2 heterocycles. The number of furan rings is 1. The van der Waals surface area contributed by atoms with Crippen molar-refractivity contribution in [2.75, 3.05) is 6.54 Å². The number of hydrogen-bond acceptors (Lipinski definition) is 4. The summed E-state index contributed by atoms with van der Waals surface area (Å²) in [6.07, 6.45) is -1.19. The lowest BCUT2D eigenvalue weighted by Gasteiger charge is -2.10. The summed E-state index contributed by atoms with van der Waals surface area (Å²) in [6, 6.07) is 9.60. The minimum absolute atomic E-state index is 0.0402. The first-order valence-electron chi connectivity index (χ1n) is 7.54. The lowest BCUT2D eigenvalue weighted by molar-refractivity contribution is -0.121. The lowest BCUT2D eigenvalue weighted by atomic mass is 10.1. The number of carbonyl (C=O) groups is 1. The highest BCUT2D eigenvalue weighted by atomic mass is 35.5. The quantitative estimate of drug-likeness (QED) is 0.675. The van der Waals surface area contributed by atoms with E-state index in [1.54, 1.807) is 23.5 Å². The molecule has 0 radical (unpaired) electrons. The molecule has 0 aliphatic rings. The van der Waals surface area contributed by atoms with Crippen LogP contribution >= 0.6 is 22.9 Å². The maximum absolute atomic E-state index is 13.7. The molecule has 0 aliphatic carbocycles. The van der Waals surface area contributed by atoms with Gasteiger partial charge in [-0.2, -0.15) is 11.3 Å². The molecule has 0 saturated carbocycles. The van der Waals surface area contributed by atoms with E-state index in [1.165, 1.54) is 18.2 Å². The van der Waals surface area contributed by atoms with Crippen LogP contribution in [0.25, 0.3) is 11.3 Å². The van der Waals surface area contributed by atoms with Crippen molar-refractivity contribution in [1.29, 1.82) is 0 Å². The summed E-state index contributed by atoms with van der Waals surface area (Å²) in [5, 5.41) is 16.8. The normalized spacial score (nSPS) is 12.1. The van der Waals surface area contributed by atoms with Crippen LogP contribution in [0.1, 0.15) is 17.4 Å². The van der Waals surface area contributed by atoms with Gasteiger partial charge in [-0.3, -0.25) is 4.79 Å². The van der Waals surface area contributed by atoms with Gasteiger partial charge in [0.15, 0.2) is 0 Å². The van der Waals surface area contributed by atoms with Crippen molar-refractivity contribution in [2.45, 2.75) is 12.5 Å². The Balaban J connectivity index is 1.57. The Kier molecular flexibility index (Phi) is 5.53. The summed E-state index contributed by atoms with van der Waals surface area (Å²) in [6.45, 7) is -0.0402. The van der Waals surface area contributed by atoms with Gasteiger partial charge in [0.05, 0.1) is 13.0 Å². The second-order valence-electron chi connectivity index (χ2n) is 5.41. The van der Waals surface area contributed by atoms with Gasteiger partial charge in [0, 0.05) is 21.5 Å². The summed E-state index contributed by atoms with van der Waals surface area (Å²) >= 11 is 7.45. The standard InChI is InChI=1S/C18H15ClFNO3S/c19-13-2-1-3-14(20)12(13)8-18(23)21-9-15(22)17-5-4-16(24-17)11-6-7-25-10-11/h1-7,10,15,22H,8-9H2,(H,21,23)/t15-/m0/s1. The van der Waals surface area contributed by atoms with E-state index in [-0.39, 0.29) is 23.6 Å². The van der Waals surface area contributed by atoms with Crippen LogP contribution in [0, 0.1) is 5.82 Å². The molecule has 1 atom stereocenters. The van der Waals surface area contributed by atoms with Crippen molar-refractivity contribution >= 4 is 28.8 Å². The summed E-state index contributed by atoms with van der Waals surface area (Å²) in [5.74, 6) is 0.0375. The largest absolute Gasteiger partial charge is 0.458 e. The third-order valence-electron chi connectivity index (χ3n) is 3.65. The molecule has 0 fully saturated rings. The molecule has 1 amide bonds. The Hall–Kier alpha value is -2.15. The molecule has 3 rings (SSSR count). The molecule has 3 aromatic rings. The summed E-state index contributed by atoms with van der Waals surface area (Å²) < 4.78 is 19.3. The van der Waals surface area contributed by atoms with Crippen LogP contribution in [-0.2, 0) is 11.2 Å². The molecule has 0 unspecified atom stereocenters. The van der Waals surface area contributed by atoms with Gasteiger partial charge in [0.1, 0.15) is 23.4 Å². The molecular weight excluding hydrogens is 365 g/mol. The van der Waals surface area contributed by atoms with E-state index in [0.717, 1.165) is 5.56 Å². The first-order valence-corrected chi connectivity index (χ1v) is 8.86. The smallest absolute Gasteiger partial charge is 0.224 e. The monoisotopic (exact) mass is 379 g/mol. The van der Waals surface area contributed by atoms with Gasteiger partial charge in [-0.25, -0.2) is 4.39 Å². The maximum Gasteiger partial charge on any atom is 0.224 e. The van der Waals surface area contributed by atoms with Gasteiger partial charge in [0.25, 0.3) is 0 Å². The zero-order valence-electron chi connectivity index (χ0n) is 13.0. The zero-order valence-corrected chi connectivity index (χ0v) is 14.6. The van der Waals surface area contributed by atoms with Gasteiger partial charge in [-0.1, -0.05) is 17.7 Å². The van der Waals surface area contributed by atoms with Crippen LogP contribution in [0.15, 0.2) is 51.6 Å². The number of benzene rings is 1. The Labute approximate surface area is 152 Å². The predicted octanol–water partition coefficient (Wildman–Crippen LogP) is 4.19. The van der Waals surface area contributed by atoms with E-state index in [9.17, 15) is 14.3 Å². The molecule has 25 heavy (non-hydrogen) atoms. The van der Waals surface area contributed by atoms with E-state index in [0.29, 0.717) is 11.5 Å². The molecule has 0 aliphatic heterocycles. The fourth-order valence-electron chi connectivity index (χ4n) is 2.33. The van der Waals surface area contributed by atoms with Gasteiger partial charge >= 0.3 is 0 Å². The summed E-state index contributed by atoms with van der Waals surface area (Å²) in [7, 11) is 0. The summed E-state index contributed by atoms with van der Waals surface area (Å²) in [5.41, 5.74) is 1.07. The highest BCUT2D eigenvalue weighted by Gasteiger charge is 2.16. The lowest BCUT2D eigenvalue weighted by Crippen LogP contribution is -2.29. The van der Waals surface area contributed by atoms with Crippen molar-refractivity contribution in [3.63, 3.8) is 0 Å². The topological polar surface area (TPSA) is 62.5 Å². The predicted molar refractivity (Wildman–Crippen MR) is 95.1 cm³/mol. The fraction of sp³-hybridized carbons (Fsp3) is 0.167. The van der Waals surface area contributed by atoms with Gasteiger partial charge in [-0.05, 0) is 35.7 Å². The average Bonchev–Trinajstić information content (AvgIpc) is 3.27. The molecule has 1 aromatic carbocycles. The molecule has 0 spiro atoms. The Morgan fingerprint density at radius 3 is 2.88 bits per heavy atom. The van der Waals surface area contributed by atoms with Crippen LogP contribution in [0.3, 0.4) is 0 Å². The molecular formula is C18H15ClFNO3S. The summed E-state index contributed by atoms with van der Waals surface area (Å²) in [4.78, 5) is 12.0. The molecule has 7 heteroatoms. The Morgan fingerprint density at radius 1 is 1.32 bits per heavy atom. The maximum atomic E-state index is 13.7. The van der Waals surface area contributed by atoms with Crippen LogP contribution < -0.4 is 5.32 Å². The number of nitrogens with one attached hydrogen (secondary N) is 1.